The maximum atomic E-state index is 13.3. The number of benzene rings is 3. The number of hydrogen-bond acceptors (Lipinski definition) is 8. The lowest BCUT2D eigenvalue weighted by molar-refractivity contribution is -0.123. The summed E-state index contributed by atoms with van der Waals surface area (Å²) in [5.41, 5.74) is 2.51. The molecule has 5 rings (SSSR count). The van der Waals surface area contributed by atoms with Crippen molar-refractivity contribution < 1.29 is 22.7 Å². The van der Waals surface area contributed by atoms with Crippen LogP contribution in [0.5, 0.6) is 11.5 Å². The van der Waals surface area contributed by atoms with Crippen LogP contribution in [0.3, 0.4) is 0 Å². The van der Waals surface area contributed by atoms with Crippen LogP contribution < -0.4 is 25.5 Å². The van der Waals surface area contributed by atoms with E-state index in [0.29, 0.717) is 38.0 Å². The highest BCUT2D eigenvalue weighted by Crippen LogP contribution is 2.33. The Hall–Kier alpha value is -4.23. The van der Waals surface area contributed by atoms with Crippen LogP contribution in [0.2, 0.25) is 5.02 Å². The van der Waals surface area contributed by atoms with Crippen molar-refractivity contribution in [2.45, 2.75) is 11.4 Å². The van der Waals surface area contributed by atoms with Crippen molar-refractivity contribution >= 4 is 49.1 Å². The molecule has 2 heterocycles. The maximum absolute atomic E-state index is 13.3. The largest absolute Gasteiger partial charge is 0.493 e. The predicted octanol–water partition coefficient (Wildman–Crippen LogP) is 4.12. The van der Waals surface area contributed by atoms with Crippen LogP contribution in [0.25, 0.3) is 26.3 Å². The van der Waals surface area contributed by atoms with Gasteiger partial charge in [-0.3, -0.25) is 14.2 Å². The summed E-state index contributed by atoms with van der Waals surface area (Å²) in [6.45, 7) is -0.120. The number of fused-ring (bicyclic) bond motifs is 1. The maximum Gasteiger partial charge on any atom is 0.275 e. The zero-order valence-corrected chi connectivity index (χ0v) is 23.9. The fraction of sp³-hybridized carbons (Fsp3) is 0.107. The molecule has 0 aliphatic heterocycles. The molecular formula is C28H23ClN4O6S2. The number of sulfonamides is 1. The SMILES string of the molecule is COc1cc(-n2cnc3cc(-c4ccc(Cl)cc4)sc3c2=O)ccc1OCC(=O)NCc1ccc(S(N)(=O)=O)cc1. The quantitative estimate of drug-likeness (QED) is 0.256. The summed E-state index contributed by atoms with van der Waals surface area (Å²) < 4.78 is 35.8. The lowest BCUT2D eigenvalue weighted by atomic mass is 10.2. The number of carbonyl (C=O) groups is 1. The molecule has 0 saturated heterocycles. The van der Waals surface area contributed by atoms with Gasteiger partial charge in [0.2, 0.25) is 10.0 Å². The standard InChI is InChI=1S/C28H23ClN4O6S2/c1-38-24-12-20(33-16-32-22-13-25(40-27(22)28(33)35)18-4-6-19(29)7-5-18)8-11-23(24)39-15-26(34)31-14-17-2-9-21(10-3-17)41(30,36)37/h2-13,16H,14-15H2,1H3,(H,31,34)(H2,30,36,37). The third kappa shape index (κ3) is 6.41. The monoisotopic (exact) mass is 610 g/mol. The topological polar surface area (TPSA) is 143 Å². The number of carbonyl (C=O) groups excluding carboxylic acids is 1. The smallest absolute Gasteiger partial charge is 0.275 e. The second kappa shape index (κ2) is 11.7. The van der Waals surface area contributed by atoms with Crippen LogP contribution in [0, 0.1) is 0 Å². The highest BCUT2D eigenvalue weighted by molar-refractivity contribution is 7.89. The molecule has 0 aliphatic carbocycles. The number of nitrogens with two attached hydrogens (primary N) is 1. The lowest BCUT2D eigenvalue weighted by Crippen LogP contribution is -2.28. The van der Waals surface area contributed by atoms with Gasteiger partial charge in [0.05, 0.1) is 23.2 Å². The van der Waals surface area contributed by atoms with E-state index >= 15 is 0 Å². The van der Waals surface area contributed by atoms with Gasteiger partial charge in [-0.2, -0.15) is 0 Å². The van der Waals surface area contributed by atoms with E-state index in [1.807, 2.05) is 18.2 Å². The van der Waals surface area contributed by atoms with Crippen molar-refractivity contribution in [1.29, 1.82) is 0 Å². The summed E-state index contributed by atoms with van der Waals surface area (Å²) in [6, 6.07) is 20.0. The van der Waals surface area contributed by atoms with E-state index in [1.165, 1.54) is 41.5 Å². The number of rotatable bonds is 9. The molecule has 13 heteroatoms. The first-order valence-electron chi connectivity index (χ1n) is 12.1. The highest BCUT2D eigenvalue weighted by atomic mass is 35.5. The average Bonchev–Trinajstić information content (AvgIpc) is 3.41. The van der Waals surface area contributed by atoms with Gasteiger partial charge in [-0.05, 0) is 53.6 Å². The van der Waals surface area contributed by atoms with Crippen LogP contribution in [-0.4, -0.2) is 37.6 Å². The first-order valence-corrected chi connectivity index (χ1v) is 14.8. The Bertz CT molecular complexity index is 1900. The van der Waals surface area contributed by atoms with Gasteiger partial charge in [0.25, 0.3) is 11.5 Å². The number of thiophene rings is 1. The molecule has 2 aromatic heterocycles. The third-order valence-corrected chi connectivity index (χ3v) is 8.43. The molecule has 0 spiro atoms. The fourth-order valence-electron chi connectivity index (χ4n) is 3.97. The van der Waals surface area contributed by atoms with Gasteiger partial charge in [-0.15, -0.1) is 11.3 Å². The molecule has 41 heavy (non-hydrogen) atoms. The van der Waals surface area contributed by atoms with E-state index in [9.17, 15) is 18.0 Å². The number of halogens is 1. The molecule has 0 bridgehead atoms. The highest BCUT2D eigenvalue weighted by Gasteiger charge is 2.15. The second-order valence-corrected chi connectivity index (χ2v) is 11.9. The van der Waals surface area contributed by atoms with E-state index in [1.54, 1.807) is 42.5 Å². The molecule has 210 valence electrons. The summed E-state index contributed by atoms with van der Waals surface area (Å²) in [5.74, 6) is 0.243. The van der Waals surface area contributed by atoms with Gasteiger partial charge in [0, 0.05) is 22.5 Å². The first kappa shape index (κ1) is 28.3. The Morgan fingerprint density at radius 2 is 1.78 bits per heavy atom. The number of methoxy groups -OCH3 is 1. The number of nitrogens with one attached hydrogen (secondary N) is 1. The summed E-state index contributed by atoms with van der Waals surface area (Å²) >= 11 is 7.34. The van der Waals surface area contributed by atoms with Crippen LogP contribution >= 0.6 is 22.9 Å². The van der Waals surface area contributed by atoms with Gasteiger partial charge in [0.1, 0.15) is 11.0 Å². The Labute approximate surface area is 244 Å². The lowest BCUT2D eigenvalue weighted by Gasteiger charge is -2.13. The van der Waals surface area contributed by atoms with Gasteiger partial charge < -0.3 is 14.8 Å². The minimum Gasteiger partial charge on any atom is -0.493 e. The number of nitrogens with zero attached hydrogens (tertiary/aromatic N) is 2. The molecule has 0 radical (unpaired) electrons. The Balaban J connectivity index is 1.27. The van der Waals surface area contributed by atoms with E-state index in [4.69, 9.17) is 26.2 Å². The van der Waals surface area contributed by atoms with Crippen LogP contribution in [0.4, 0.5) is 0 Å². The number of amides is 1. The van der Waals surface area contributed by atoms with E-state index in [2.05, 4.69) is 10.3 Å². The predicted molar refractivity (Wildman–Crippen MR) is 157 cm³/mol. The number of hydrogen-bond donors (Lipinski definition) is 2. The zero-order chi connectivity index (χ0) is 29.1. The van der Waals surface area contributed by atoms with Gasteiger partial charge >= 0.3 is 0 Å². The van der Waals surface area contributed by atoms with E-state index in [0.717, 1.165) is 10.4 Å². The molecule has 10 nitrogen and oxygen atoms in total. The summed E-state index contributed by atoms with van der Waals surface area (Å²) in [5, 5.41) is 8.43. The molecule has 3 N–H and O–H groups in total. The van der Waals surface area contributed by atoms with Crippen molar-refractivity contribution in [3.05, 3.63) is 100 Å². The Morgan fingerprint density at radius 1 is 1.05 bits per heavy atom. The van der Waals surface area contributed by atoms with Crippen LogP contribution in [-0.2, 0) is 21.4 Å². The van der Waals surface area contributed by atoms with Crippen molar-refractivity contribution in [1.82, 2.24) is 14.9 Å². The van der Waals surface area contributed by atoms with Crippen molar-refractivity contribution in [3.63, 3.8) is 0 Å². The molecule has 0 unspecified atom stereocenters. The number of aromatic nitrogens is 2. The molecular weight excluding hydrogens is 588 g/mol. The van der Waals surface area contributed by atoms with Gasteiger partial charge in [-0.25, -0.2) is 18.5 Å². The molecule has 0 saturated carbocycles. The van der Waals surface area contributed by atoms with Gasteiger partial charge in [-0.1, -0.05) is 35.9 Å². The van der Waals surface area contributed by atoms with E-state index < -0.39 is 15.9 Å². The molecule has 1 amide bonds. The fourth-order valence-corrected chi connectivity index (χ4v) is 5.66. The first-order chi connectivity index (χ1) is 19.6. The Morgan fingerprint density at radius 3 is 2.46 bits per heavy atom. The number of ether oxygens (including phenoxy) is 2. The van der Waals surface area contributed by atoms with Gasteiger partial charge in [0.15, 0.2) is 18.1 Å². The minimum absolute atomic E-state index is 0.0116. The molecule has 0 atom stereocenters. The normalized spacial score (nSPS) is 11.4. The zero-order valence-electron chi connectivity index (χ0n) is 21.5. The second-order valence-electron chi connectivity index (χ2n) is 8.84. The van der Waals surface area contributed by atoms with Crippen molar-refractivity contribution in [3.8, 4) is 27.6 Å². The molecule has 0 fully saturated rings. The third-order valence-electron chi connectivity index (χ3n) is 6.09. The molecule has 3 aromatic carbocycles. The summed E-state index contributed by atoms with van der Waals surface area (Å²) in [6.07, 6.45) is 1.46. The minimum atomic E-state index is -3.79. The molecule has 0 aliphatic rings. The average molecular weight is 611 g/mol. The summed E-state index contributed by atoms with van der Waals surface area (Å²) in [7, 11) is -2.33. The van der Waals surface area contributed by atoms with Crippen molar-refractivity contribution in [2.75, 3.05) is 13.7 Å². The van der Waals surface area contributed by atoms with Crippen molar-refractivity contribution in [2.24, 2.45) is 5.14 Å². The Kier molecular flexibility index (Phi) is 8.08. The number of primary sulfonamides is 1. The van der Waals surface area contributed by atoms with E-state index in [-0.39, 0.29) is 23.6 Å². The summed E-state index contributed by atoms with van der Waals surface area (Å²) in [4.78, 5) is 31.0. The molecule has 5 aromatic rings. The van der Waals surface area contributed by atoms with Crippen LogP contribution in [0.15, 0.2) is 88.8 Å². The van der Waals surface area contributed by atoms with Crippen LogP contribution in [0.1, 0.15) is 5.56 Å².